The van der Waals surface area contributed by atoms with Crippen LogP contribution < -0.4 is 5.32 Å². The molecule has 1 aromatic heterocycles. The molecule has 1 atom stereocenters. The lowest BCUT2D eigenvalue weighted by atomic mass is 10.1. The van der Waals surface area contributed by atoms with Crippen LogP contribution in [-0.4, -0.2) is 27.8 Å². The molecule has 3 N–H and O–H groups in total. The lowest BCUT2D eigenvalue weighted by Crippen LogP contribution is -2.29. The van der Waals surface area contributed by atoms with Gasteiger partial charge in [-0.1, -0.05) is 29.8 Å². The van der Waals surface area contributed by atoms with Crippen molar-refractivity contribution >= 4 is 17.5 Å². The van der Waals surface area contributed by atoms with Gasteiger partial charge in [0.15, 0.2) is 0 Å². The summed E-state index contributed by atoms with van der Waals surface area (Å²) in [7, 11) is 0. The van der Waals surface area contributed by atoms with Crippen LogP contribution in [-0.2, 0) is 11.2 Å². The number of aliphatic hydroxyl groups excluding tert-OH is 1. The van der Waals surface area contributed by atoms with Crippen molar-refractivity contribution in [3.05, 3.63) is 52.8 Å². The maximum Gasteiger partial charge on any atom is 0.226 e. The summed E-state index contributed by atoms with van der Waals surface area (Å²) in [5.41, 5.74) is 1.33. The van der Waals surface area contributed by atoms with Crippen LogP contribution in [0.25, 0.3) is 0 Å². The highest BCUT2D eigenvalue weighted by Crippen LogP contribution is 2.21. The molecule has 5 nitrogen and oxygen atoms in total. The number of H-pyrrole nitrogens is 1. The standard InChI is InChI=1S/C13H14ClN3O2/c14-11-4-2-1-3-10(11)12(18)8-15-13(19)7-9-5-6-16-17-9/h1-6,12,18H,7-8H2,(H,15,19)(H,16,17). The van der Waals surface area contributed by atoms with Crippen molar-refractivity contribution in [3.8, 4) is 0 Å². The van der Waals surface area contributed by atoms with E-state index in [1.807, 2.05) is 0 Å². The number of carbonyl (C=O) groups is 1. The number of aromatic amines is 1. The number of hydrogen-bond donors (Lipinski definition) is 3. The molecule has 6 heteroatoms. The Labute approximate surface area is 115 Å². The summed E-state index contributed by atoms with van der Waals surface area (Å²) in [5, 5.41) is 19.6. The van der Waals surface area contributed by atoms with E-state index in [0.717, 1.165) is 5.69 Å². The average molecular weight is 280 g/mol. The summed E-state index contributed by atoms with van der Waals surface area (Å²) in [5.74, 6) is -0.185. The van der Waals surface area contributed by atoms with Crippen molar-refractivity contribution in [2.75, 3.05) is 6.54 Å². The first kappa shape index (κ1) is 13.6. The number of halogens is 1. The molecule has 0 radical (unpaired) electrons. The number of carbonyl (C=O) groups excluding carboxylic acids is 1. The zero-order valence-electron chi connectivity index (χ0n) is 10.1. The van der Waals surface area contributed by atoms with Crippen molar-refractivity contribution in [2.24, 2.45) is 0 Å². The third-order valence-corrected chi connectivity index (χ3v) is 3.01. The van der Waals surface area contributed by atoms with Crippen LogP contribution in [0.1, 0.15) is 17.4 Å². The van der Waals surface area contributed by atoms with Crippen molar-refractivity contribution in [1.82, 2.24) is 15.5 Å². The maximum absolute atomic E-state index is 11.6. The molecular weight excluding hydrogens is 266 g/mol. The topological polar surface area (TPSA) is 78.0 Å². The number of rotatable bonds is 5. The summed E-state index contributed by atoms with van der Waals surface area (Å²) < 4.78 is 0. The minimum atomic E-state index is -0.820. The van der Waals surface area contributed by atoms with E-state index in [0.29, 0.717) is 10.6 Å². The Morgan fingerprint density at radius 2 is 2.21 bits per heavy atom. The normalized spacial score (nSPS) is 12.1. The molecule has 0 spiro atoms. The van der Waals surface area contributed by atoms with Gasteiger partial charge >= 0.3 is 0 Å². The zero-order chi connectivity index (χ0) is 13.7. The van der Waals surface area contributed by atoms with Crippen molar-refractivity contribution < 1.29 is 9.90 Å². The molecule has 2 rings (SSSR count). The van der Waals surface area contributed by atoms with E-state index >= 15 is 0 Å². The van der Waals surface area contributed by atoms with Crippen molar-refractivity contribution in [3.63, 3.8) is 0 Å². The van der Waals surface area contributed by atoms with Crippen molar-refractivity contribution in [2.45, 2.75) is 12.5 Å². The quantitative estimate of drug-likeness (QED) is 0.775. The fourth-order valence-electron chi connectivity index (χ4n) is 1.68. The largest absolute Gasteiger partial charge is 0.387 e. The Morgan fingerprint density at radius 3 is 2.89 bits per heavy atom. The number of amides is 1. The highest BCUT2D eigenvalue weighted by molar-refractivity contribution is 6.31. The first-order chi connectivity index (χ1) is 9.16. The van der Waals surface area contributed by atoms with Gasteiger partial charge in [0, 0.05) is 29.0 Å². The number of benzene rings is 1. The van der Waals surface area contributed by atoms with Gasteiger partial charge in [-0.25, -0.2) is 0 Å². The Hall–Kier alpha value is -1.85. The van der Waals surface area contributed by atoms with Gasteiger partial charge in [-0.05, 0) is 12.1 Å². The molecule has 0 bridgehead atoms. The molecule has 0 saturated heterocycles. The summed E-state index contributed by atoms with van der Waals surface area (Å²) in [4.78, 5) is 11.6. The number of aliphatic hydroxyl groups is 1. The fraction of sp³-hybridized carbons (Fsp3) is 0.231. The maximum atomic E-state index is 11.6. The molecule has 0 fully saturated rings. The minimum Gasteiger partial charge on any atom is -0.387 e. The molecular formula is C13H14ClN3O2. The smallest absolute Gasteiger partial charge is 0.226 e. The van der Waals surface area contributed by atoms with E-state index in [9.17, 15) is 9.90 Å². The van der Waals surface area contributed by atoms with Crippen LogP contribution in [0.15, 0.2) is 36.5 Å². The monoisotopic (exact) mass is 279 g/mol. The van der Waals surface area contributed by atoms with Crippen LogP contribution in [0.3, 0.4) is 0 Å². The molecule has 2 aromatic rings. The molecule has 0 aliphatic carbocycles. The van der Waals surface area contributed by atoms with Crippen LogP contribution >= 0.6 is 11.6 Å². The summed E-state index contributed by atoms with van der Waals surface area (Å²) in [6.07, 6.45) is 0.968. The lowest BCUT2D eigenvalue weighted by molar-refractivity contribution is -0.120. The van der Waals surface area contributed by atoms with Gasteiger partial charge in [-0.3, -0.25) is 9.89 Å². The number of nitrogens with zero attached hydrogens (tertiary/aromatic N) is 1. The minimum absolute atomic E-state index is 0.122. The van der Waals surface area contributed by atoms with E-state index in [2.05, 4.69) is 15.5 Å². The SMILES string of the molecule is O=C(Cc1ccn[nH]1)NCC(O)c1ccccc1Cl. The first-order valence-electron chi connectivity index (χ1n) is 5.84. The van der Waals surface area contributed by atoms with Gasteiger partial charge in [0.05, 0.1) is 12.5 Å². The molecule has 1 unspecified atom stereocenters. The number of hydrogen-bond acceptors (Lipinski definition) is 3. The van der Waals surface area contributed by atoms with E-state index < -0.39 is 6.10 Å². The van der Waals surface area contributed by atoms with Crippen LogP contribution in [0.2, 0.25) is 5.02 Å². The molecule has 1 amide bonds. The second-order valence-corrected chi connectivity index (χ2v) is 4.51. The zero-order valence-corrected chi connectivity index (χ0v) is 10.9. The highest BCUT2D eigenvalue weighted by atomic mass is 35.5. The number of aromatic nitrogens is 2. The van der Waals surface area contributed by atoms with E-state index in [1.165, 1.54) is 0 Å². The van der Waals surface area contributed by atoms with Gasteiger partial charge in [-0.15, -0.1) is 0 Å². The van der Waals surface area contributed by atoms with Gasteiger partial charge in [0.25, 0.3) is 0 Å². The number of nitrogens with one attached hydrogen (secondary N) is 2. The van der Waals surface area contributed by atoms with E-state index in [4.69, 9.17) is 11.6 Å². The summed E-state index contributed by atoms with van der Waals surface area (Å²) >= 11 is 5.96. The Bertz CT molecular complexity index is 543. The molecule has 0 saturated carbocycles. The first-order valence-corrected chi connectivity index (χ1v) is 6.22. The second kappa shape index (κ2) is 6.36. The van der Waals surface area contributed by atoms with E-state index in [-0.39, 0.29) is 18.9 Å². The Morgan fingerprint density at radius 1 is 1.42 bits per heavy atom. The molecule has 1 aromatic carbocycles. The molecule has 100 valence electrons. The lowest BCUT2D eigenvalue weighted by Gasteiger charge is -2.13. The van der Waals surface area contributed by atoms with Crippen molar-refractivity contribution in [1.29, 1.82) is 0 Å². The summed E-state index contributed by atoms with van der Waals surface area (Å²) in [6, 6.07) is 8.73. The molecule has 1 heterocycles. The van der Waals surface area contributed by atoms with Crippen LogP contribution in [0.5, 0.6) is 0 Å². The van der Waals surface area contributed by atoms with Gasteiger partial charge in [-0.2, -0.15) is 5.10 Å². The third kappa shape index (κ3) is 3.81. The molecule has 19 heavy (non-hydrogen) atoms. The van der Waals surface area contributed by atoms with Crippen LogP contribution in [0, 0.1) is 0 Å². The van der Waals surface area contributed by atoms with Crippen LogP contribution in [0.4, 0.5) is 0 Å². The predicted molar refractivity (Wildman–Crippen MR) is 71.7 cm³/mol. The second-order valence-electron chi connectivity index (χ2n) is 4.10. The van der Waals surface area contributed by atoms with Gasteiger partial charge < -0.3 is 10.4 Å². The Kier molecular flexibility index (Phi) is 4.54. The summed E-state index contributed by atoms with van der Waals surface area (Å²) in [6.45, 7) is 0.122. The Balaban J connectivity index is 1.85. The van der Waals surface area contributed by atoms with Gasteiger partial charge in [0.1, 0.15) is 0 Å². The predicted octanol–water partition coefficient (Wildman–Crippen LogP) is 1.46. The fourth-order valence-corrected chi connectivity index (χ4v) is 1.95. The average Bonchev–Trinajstić information content (AvgIpc) is 2.89. The molecule has 0 aliphatic rings. The van der Waals surface area contributed by atoms with Gasteiger partial charge in [0.2, 0.25) is 5.91 Å². The van der Waals surface area contributed by atoms with E-state index in [1.54, 1.807) is 36.5 Å². The molecule has 0 aliphatic heterocycles. The highest BCUT2D eigenvalue weighted by Gasteiger charge is 2.12. The third-order valence-electron chi connectivity index (χ3n) is 2.67.